The van der Waals surface area contributed by atoms with Gasteiger partial charge < -0.3 is 10.0 Å². The second kappa shape index (κ2) is 5.61. The van der Waals surface area contributed by atoms with E-state index in [9.17, 15) is 23.1 Å². The van der Waals surface area contributed by atoms with Crippen LogP contribution in [0, 0.1) is 17.2 Å². The molecule has 1 aromatic carbocycles. The SMILES string of the molecule is CC[C@H]1[C@@H](O)C(C)C(=O)N1c1ccc(C#N)c(C(F)(F)F)c1. The Hall–Kier alpha value is -2.07. The van der Waals surface area contributed by atoms with Crippen molar-refractivity contribution in [2.75, 3.05) is 4.90 Å². The molecule has 0 spiro atoms. The topological polar surface area (TPSA) is 64.3 Å². The van der Waals surface area contributed by atoms with E-state index in [1.54, 1.807) is 13.8 Å². The molecule has 1 N–H and O–H groups in total. The Morgan fingerprint density at radius 2 is 2.05 bits per heavy atom. The zero-order valence-electron chi connectivity index (χ0n) is 12.1. The average Bonchev–Trinajstić information content (AvgIpc) is 2.69. The first kappa shape index (κ1) is 16.3. The van der Waals surface area contributed by atoms with E-state index in [4.69, 9.17) is 5.26 Å². The molecule has 1 aliphatic rings. The molecule has 1 heterocycles. The van der Waals surface area contributed by atoms with Crippen molar-refractivity contribution < 1.29 is 23.1 Å². The summed E-state index contributed by atoms with van der Waals surface area (Å²) in [5.74, 6) is -1.09. The van der Waals surface area contributed by atoms with Crippen LogP contribution in [0.2, 0.25) is 0 Å². The van der Waals surface area contributed by atoms with E-state index >= 15 is 0 Å². The number of benzene rings is 1. The Morgan fingerprint density at radius 3 is 2.55 bits per heavy atom. The summed E-state index contributed by atoms with van der Waals surface area (Å²) in [6, 6.07) is 4.08. The summed E-state index contributed by atoms with van der Waals surface area (Å²) in [5.41, 5.74) is -1.53. The molecule has 118 valence electrons. The third kappa shape index (κ3) is 2.55. The highest BCUT2D eigenvalue weighted by Crippen LogP contribution is 2.38. The number of anilines is 1. The van der Waals surface area contributed by atoms with Gasteiger partial charge in [-0.2, -0.15) is 18.4 Å². The summed E-state index contributed by atoms with van der Waals surface area (Å²) in [6.45, 7) is 3.30. The highest BCUT2D eigenvalue weighted by Gasteiger charge is 2.45. The van der Waals surface area contributed by atoms with Gasteiger partial charge in [0.1, 0.15) is 0 Å². The predicted octanol–water partition coefficient (Wildman–Crippen LogP) is 2.70. The molecular weight excluding hydrogens is 297 g/mol. The van der Waals surface area contributed by atoms with Gasteiger partial charge >= 0.3 is 6.18 Å². The number of aliphatic hydroxyl groups is 1. The van der Waals surface area contributed by atoms with E-state index in [1.807, 2.05) is 0 Å². The maximum Gasteiger partial charge on any atom is 0.417 e. The molecule has 1 aromatic rings. The lowest BCUT2D eigenvalue weighted by Crippen LogP contribution is -2.36. The predicted molar refractivity (Wildman–Crippen MR) is 72.9 cm³/mol. The first-order valence-electron chi connectivity index (χ1n) is 6.84. The Morgan fingerprint density at radius 1 is 1.41 bits per heavy atom. The first-order valence-corrected chi connectivity index (χ1v) is 6.84. The Bertz CT molecular complexity index is 637. The standard InChI is InChI=1S/C15H15F3N2O2/c1-3-12-13(21)8(2)14(22)20(12)10-5-4-9(7-19)11(6-10)15(16,17)18/h4-6,8,12-13,21H,3H2,1-2H3/t8?,12-,13-/m0/s1. The van der Waals surface area contributed by atoms with Crippen LogP contribution in [0.4, 0.5) is 18.9 Å². The monoisotopic (exact) mass is 312 g/mol. The number of carbonyl (C=O) groups is 1. The van der Waals surface area contributed by atoms with Crippen LogP contribution < -0.4 is 4.90 Å². The second-order valence-corrected chi connectivity index (χ2v) is 5.30. The lowest BCUT2D eigenvalue weighted by atomic mass is 10.0. The maximum atomic E-state index is 13.0. The number of alkyl halides is 3. The molecule has 3 atom stereocenters. The van der Waals surface area contributed by atoms with E-state index in [2.05, 4.69) is 0 Å². The quantitative estimate of drug-likeness (QED) is 0.913. The molecule has 2 rings (SSSR count). The van der Waals surface area contributed by atoms with Crippen LogP contribution in [-0.2, 0) is 11.0 Å². The molecule has 1 amide bonds. The maximum absolute atomic E-state index is 13.0. The summed E-state index contributed by atoms with van der Waals surface area (Å²) < 4.78 is 39.1. The van der Waals surface area contributed by atoms with Crippen LogP contribution in [0.5, 0.6) is 0 Å². The van der Waals surface area contributed by atoms with Crippen LogP contribution in [0.1, 0.15) is 31.4 Å². The first-order chi connectivity index (χ1) is 10.2. The van der Waals surface area contributed by atoms with E-state index in [1.165, 1.54) is 17.0 Å². The van der Waals surface area contributed by atoms with Gasteiger partial charge in [0.15, 0.2) is 0 Å². The van der Waals surface area contributed by atoms with Gasteiger partial charge in [-0.15, -0.1) is 0 Å². The fourth-order valence-corrected chi connectivity index (χ4v) is 2.77. The van der Waals surface area contributed by atoms with Gasteiger partial charge in [0.05, 0.1) is 35.3 Å². The molecule has 1 aliphatic heterocycles. The van der Waals surface area contributed by atoms with Crippen molar-refractivity contribution >= 4 is 11.6 Å². The average molecular weight is 312 g/mol. The van der Waals surface area contributed by atoms with Crippen molar-refractivity contribution in [1.82, 2.24) is 0 Å². The lowest BCUT2D eigenvalue weighted by Gasteiger charge is -2.26. The van der Waals surface area contributed by atoms with Gasteiger partial charge in [0, 0.05) is 5.69 Å². The van der Waals surface area contributed by atoms with Crippen molar-refractivity contribution in [1.29, 1.82) is 5.26 Å². The summed E-state index contributed by atoms with van der Waals surface area (Å²) in [4.78, 5) is 13.4. The van der Waals surface area contributed by atoms with E-state index in [-0.39, 0.29) is 5.69 Å². The van der Waals surface area contributed by atoms with Gasteiger partial charge in [-0.1, -0.05) is 13.8 Å². The molecule has 0 radical (unpaired) electrons. The highest BCUT2D eigenvalue weighted by molar-refractivity contribution is 5.98. The van der Waals surface area contributed by atoms with Gasteiger partial charge in [0.25, 0.3) is 0 Å². The number of amides is 1. The third-order valence-electron chi connectivity index (χ3n) is 3.99. The number of aliphatic hydroxyl groups excluding tert-OH is 1. The number of nitrogens with zero attached hydrogens (tertiary/aromatic N) is 2. The van der Waals surface area contributed by atoms with Gasteiger partial charge in [-0.05, 0) is 24.6 Å². The molecule has 1 fully saturated rings. The van der Waals surface area contributed by atoms with Gasteiger partial charge in [-0.3, -0.25) is 4.79 Å². The summed E-state index contributed by atoms with van der Waals surface area (Å²) in [5, 5.41) is 18.9. The molecule has 22 heavy (non-hydrogen) atoms. The van der Waals surface area contributed by atoms with Crippen LogP contribution in [0.25, 0.3) is 0 Å². The zero-order valence-corrected chi connectivity index (χ0v) is 12.1. The number of nitriles is 1. The van der Waals surface area contributed by atoms with Crippen molar-refractivity contribution in [3.05, 3.63) is 29.3 Å². The van der Waals surface area contributed by atoms with E-state index < -0.39 is 41.3 Å². The molecule has 7 heteroatoms. The van der Waals surface area contributed by atoms with Crippen molar-refractivity contribution in [2.24, 2.45) is 5.92 Å². The molecule has 0 saturated carbocycles. The Kier molecular flexibility index (Phi) is 4.16. The number of hydrogen-bond donors (Lipinski definition) is 1. The third-order valence-corrected chi connectivity index (χ3v) is 3.99. The van der Waals surface area contributed by atoms with Gasteiger partial charge in [-0.25, -0.2) is 0 Å². The van der Waals surface area contributed by atoms with Crippen LogP contribution >= 0.6 is 0 Å². The minimum atomic E-state index is -4.68. The number of carbonyl (C=O) groups excluding carboxylic acids is 1. The van der Waals surface area contributed by atoms with Crippen molar-refractivity contribution in [3.63, 3.8) is 0 Å². The van der Waals surface area contributed by atoms with E-state index in [0.717, 1.165) is 12.1 Å². The number of rotatable bonds is 2. The minimum Gasteiger partial charge on any atom is -0.390 e. The van der Waals surface area contributed by atoms with Crippen LogP contribution in [0.3, 0.4) is 0 Å². The molecular formula is C15H15F3N2O2. The molecule has 0 bridgehead atoms. The normalized spacial score (nSPS) is 25.4. The zero-order chi connectivity index (χ0) is 16.7. The molecule has 4 nitrogen and oxygen atoms in total. The van der Waals surface area contributed by atoms with Gasteiger partial charge in [0.2, 0.25) is 5.91 Å². The molecule has 1 saturated heterocycles. The molecule has 1 unspecified atom stereocenters. The summed E-state index contributed by atoms with van der Waals surface area (Å²) in [6.07, 6.45) is -5.20. The lowest BCUT2D eigenvalue weighted by molar-refractivity contribution is -0.137. The van der Waals surface area contributed by atoms with Crippen LogP contribution in [0.15, 0.2) is 18.2 Å². The van der Waals surface area contributed by atoms with Crippen molar-refractivity contribution in [2.45, 2.75) is 38.6 Å². The highest BCUT2D eigenvalue weighted by atomic mass is 19.4. The number of hydrogen-bond acceptors (Lipinski definition) is 3. The smallest absolute Gasteiger partial charge is 0.390 e. The Balaban J connectivity index is 2.54. The van der Waals surface area contributed by atoms with Crippen LogP contribution in [-0.4, -0.2) is 23.2 Å². The fraction of sp³-hybridized carbons (Fsp3) is 0.467. The fourth-order valence-electron chi connectivity index (χ4n) is 2.77. The summed E-state index contributed by atoms with van der Waals surface area (Å²) >= 11 is 0. The minimum absolute atomic E-state index is 0.0478. The summed E-state index contributed by atoms with van der Waals surface area (Å²) in [7, 11) is 0. The Labute approximate surface area is 125 Å². The van der Waals surface area contributed by atoms with E-state index in [0.29, 0.717) is 6.42 Å². The second-order valence-electron chi connectivity index (χ2n) is 5.30. The molecule has 0 aromatic heterocycles. The number of halogens is 3. The largest absolute Gasteiger partial charge is 0.417 e. The molecule has 0 aliphatic carbocycles. The van der Waals surface area contributed by atoms with Crippen molar-refractivity contribution in [3.8, 4) is 6.07 Å².